The lowest BCUT2D eigenvalue weighted by atomic mass is 9.79. The van der Waals surface area contributed by atoms with Crippen LogP contribution in [0.4, 0.5) is 5.13 Å². The predicted octanol–water partition coefficient (Wildman–Crippen LogP) is 4.18. The third kappa shape index (κ3) is 4.29. The Hall–Kier alpha value is -2.03. The van der Waals surface area contributed by atoms with Gasteiger partial charge < -0.3 is 10.2 Å². The largest absolute Gasteiger partial charge is 0.347 e. The van der Waals surface area contributed by atoms with E-state index in [2.05, 4.69) is 65.2 Å². The highest BCUT2D eigenvalue weighted by molar-refractivity contribution is 7.18. The molecule has 2 aromatic heterocycles. The first-order valence-electron chi connectivity index (χ1n) is 9.64. The van der Waals surface area contributed by atoms with Gasteiger partial charge in [0.15, 0.2) is 5.01 Å². The van der Waals surface area contributed by atoms with Gasteiger partial charge in [-0.25, -0.2) is 9.67 Å². The summed E-state index contributed by atoms with van der Waals surface area (Å²) in [5.74, 6) is 0. The van der Waals surface area contributed by atoms with Crippen molar-refractivity contribution in [3.63, 3.8) is 0 Å². The Labute approximate surface area is 180 Å². The average molecular weight is 432 g/mol. The number of nitrogens with one attached hydrogen (secondary N) is 1. The number of halogens is 1. The van der Waals surface area contributed by atoms with Crippen molar-refractivity contribution in [2.45, 2.75) is 57.7 Å². The van der Waals surface area contributed by atoms with E-state index in [1.165, 1.54) is 6.33 Å². The summed E-state index contributed by atoms with van der Waals surface area (Å²) in [6.07, 6.45) is 5.24. The minimum absolute atomic E-state index is 0.0781. The van der Waals surface area contributed by atoms with Gasteiger partial charge in [0.05, 0.1) is 10.7 Å². The maximum absolute atomic E-state index is 6.55. The van der Waals surface area contributed by atoms with Gasteiger partial charge in [-0.2, -0.15) is 5.10 Å². The highest BCUT2D eigenvalue weighted by Gasteiger charge is 2.39. The second-order valence-corrected chi connectivity index (χ2v) is 10.3. The van der Waals surface area contributed by atoms with Crippen molar-refractivity contribution in [3.05, 3.63) is 35.9 Å². The lowest BCUT2D eigenvalue weighted by molar-refractivity contribution is 0.161. The minimum atomic E-state index is 0.0781. The van der Waals surface area contributed by atoms with Crippen LogP contribution in [-0.2, 0) is 0 Å². The number of rotatable bonds is 4. The zero-order chi connectivity index (χ0) is 20.8. The molecule has 0 aliphatic carbocycles. The average Bonchev–Trinajstić information content (AvgIpc) is 3.30. The molecule has 0 spiro atoms. The van der Waals surface area contributed by atoms with E-state index in [-0.39, 0.29) is 11.1 Å². The lowest BCUT2D eigenvalue weighted by Gasteiger charge is -2.48. The lowest BCUT2D eigenvalue weighted by Crippen LogP contribution is -2.61. The number of benzene rings is 1. The second kappa shape index (κ2) is 7.34. The van der Waals surface area contributed by atoms with E-state index in [1.807, 2.05) is 18.2 Å². The van der Waals surface area contributed by atoms with Gasteiger partial charge in [-0.3, -0.25) is 0 Å². The van der Waals surface area contributed by atoms with Gasteiger partial charge in [-0.1, -0.05) is 22.9 Å². The fourth-order valence-electron chi connectivity index (χ4n) is 4.33. The Kier molecular flexibility index (Phi) is 5.13. The van der Waals surface area contributed by atoms with Crippen LogP contribution >= 0.6 is 22.9 Å². The molecule has 0 saturated carbocycles. The molecule has 1 N–H and O–H groups in total. The summed E-state index contributed by atoms with van der Waals surface area (Å²) in [5.41, 5.74) is 1.89. The van der Waals surface area contributed by atoms with Gasteiger partial charge in [-0.15, -0.1) is 10.2 Å². The Bertz CT molecular complexity index is 980. The van der Waals surface area contributed by atoms with E-state index in [0.29, 0.717) is 11.1 Å². The molecule has 1 aliphatic heterocycles. The van der Waals surface area contributed by atoms with Gasteiger partial charge in [0.1, 0.15) is 12.7 Å². The topological polar surface area (TPSA) is 71.8 Å². The second-order valence-electron chi connectivity index (χ2n) is 8.96. The standard InChI is InChI=1S/C20H26ClN7S/c1-19(2)9-14(10-20(3,4)26-19)27(5)18-25-24-17(29-18)15-7-6-13(8-16(15)21)28-12-22-11-23-28/h6-8,11-12,14,26H,9-10H2,1-5H3. The van der Waals surface area contributed by atoms with Gasteiger partial charge >= 0.3 is 0 Å². The maximum atomic E-state index is 6.55. The van der Waals surface area contributed by atoms with Crippen molar-refractivity contribution in [2.75, 3.05) is 11.9 Å². The first-order chi connectivity index (χ1) is 13.6. The zero-order valence-corrected chi connectivity index (χ0v) is 18.9. The normalized spacial score (nSPS) is 18.7. The van der Waals surface area contributed by atoms with Gasteiger partial charge in [-0.05, 0) is 58.7 Å². The first kappa shape index (κ1) is 20.3. The van der Waals surface area contributed by atoms with E-state index >= 15 is 0 Å². The van der Waals surface area contributed by atoms with Crippen LogP contribution in [0.3, 0.4) is 0 Å². The quantitative estimate of drug-likeness (QED) is 0.667. The third-order valence-corrected chi connectivity index (χ3v) is 6.66. The Morgan fingerprint density at radius 2 is 1.90 bits per heavy atom. The van der Waals surface area contributed by atoms with Crippen LogP contribution in [0.15, 0.2) is 30.9 Å². The summed E-state index contributed by atoms with van der Waals surface area (Å²) < 4.78 is 1.68. The molecule has 4 rings (SSSR count). The molecule has 0 bridgehead atoms. The molecule has 154 valence electrons. The summed E-state index contributed by atoms with van der Waals surface area (Å²) >= 11 is 8.12. The number of aromatic nitrogens is 5. The maximum Gasteiger partial charge on any atom is 0.208 e. The summed E-state index contributed by atoms with van der Waals surface area (Å²) in [6, 6.07) is 6.18. The van der Waals surface area contributed by atoms with Crippen molar-refractivity contribution >= 4 is 28.1 Å². The zero-order valence-electron chi connectivity index (χ0n) is 17.3. The van der Waals surface area contributed by atoms with Gasteiger partial charge in [0, 0.05) is 29.7 Å². The number of anilines is 1. The smallest absolute Gasteiger partial charge is 0.208 e. The molecule has 0 unspecified atom stereocenters. The van der Waals surface area contributed by atoms with Crippen molar-refractivity contribution in [1.29, 1.82) is 0 Å². The van der Waals surface area contributed by atoms with E-state index < -0.39 is 0 Å². The van der Waals surface area contributed by atoms with Crippen LogP contribution in [-0.4, -0.2) is 49.1 Å². The first-order valence-corrected chi connectivity index (χ1v) is 10.8. The van der Waals surface area contributed by atoms with Crippen molar-refractivity contribution in [2.24, 2.45) is 0 Å². The molecule has 1 fully saturated rings. The van der Waals surface area contributed by atoms with Crippen LogP contribution in [0, 0.1) is 0 Å². The number of hydrogen-bond acceptors (Lipinski definition) is 7. The SMILES string of the molecule is CN(c1nnc(-c2ccc(-n3cncn3)cc2Cl)s1)C1CC(C)(C)NC(C)(C)C1. The van der Waals surface area contributed by atoms with Crippen molar-refractivity contribution < 1.29 is 0 Å². The van der Waals surface area contributed by atoms with E-state index in [9.17, 15) is 0 Å². The summed E-state index contributed by atoms with van der Waals surface area (Å²) in [4.78, 5) is 6.24. The molecular weight excluding hydrogens is 406 g/mol. The molecule has 3 heterocycles. The van der Waals surface area contributed by atoms with Crippen LogP contribution in [0.1, 0.15) is 40.5 Å². The molecule has 1 aliphatic rings. The van der Waals surface area contributed by atoms with Crippen molar-refractivity contribution in [3.8, 4) is 16.3 Å². The summed E-state index contributed by atoms with van der Waals surface area (Å²) in [6.45, 7) is 9.04. The van der Waals surface area contributed by atoms with E-state index in [4.69, 9.17) is 11.6 Å². The molecule has 1 aromatic carbocycles. The molecule has 3 aromatic rings. The molecule has 1 saturated heterocycles. The summed E-state index contributed by atoms with van der Waals surface area (Å²) in [7, 11) is 2.11. The van der Waals surface area contributed by atoms with Gasteiger partial charge in [0.2, 0.25) is 5.13 Å². The van der Waals surface area contributed by atoms with E-state index in [1.54, 1.807) is 22.3 Å². The van der Waals surface area contributed by atoms with Gasteiger partial charge in [0.25, 0.3) is 0 Å². The molecule has 0 amide bonds. The third-order valence-electron chi connectivity index (χ3n) is 5.30. The van der Waals surface area contributed by atoms with Crippen LogP contribution in [0.2, 0.25) is 5.02 Å². The van der Waals surface area contributed by atoms with Crippen LogP contribution in [0.5, 0.6) is 0 Å². The Morgan fingerprint density at radius 1 is 1.17 bits per heavy atom. The molecule has 29 heavy (non-hydrogen) atoms. The van der Waals surface area contributed by atoms with E-state index in [0.717, 1.165) is 34.2 Å². The predicted molar refractivity (Wildman–Crippen MR) is 118 cm³/mol. The monoisotopic (exact) mass is 431 g/mol. The Balaban J connectivity index is 1.57. The number of nitrogens with zero attached hydrogens (tertiary/aromatic N) is 6. The van der Waals surface area contributed by atoms with Crippen molar-refractivity contribution in [1.82, 2.24) is 30.3 Å². The number of hydrogen-bond donors (Lipinski definition) is 1. The fourth-order valence-corrected chi connectivity index (χ4v) is 5.56. The fraction of sp³-hybridized carbons (Fsp3) is 0.500. The van der Waals surface area contributed by atoms with Crippen LogP contribution in [0.25, 0.3) is 16.3 Å². The molecule has 0 atom stereocenters. The minimum Gasteiger partial charge on any atom is -0.347 e. The van der Waals surface area contributed by atoms with Crippen LogP contribution < -0.4 is 10.2 Å². The number of piperidine rings is 1. The summed E-state index contributed by atoms with van der Waals surface area (Å²) in [5, 5.41) is 19.1. The molecule has 7 nitrogen and oxygen atoms in total. The molecular formula is C20H26ClN7S. The molecule has 9 heteroatoms. The highest BCUT2D eigenvalue weighted by Crippen LogP contribution is 2.37. The highest BCUT2D eigenvalue weighted by atomic mass is 35.5. The molecule has 0 radical (unpaired) electrons. The Morgan fingerprint density at radius 3 is 2.52 bits per heavy atom.